The van der Waals surface area contributed by atoms with Crippen molar-refractivity contribution < 1.29 is 13.9 Å². The highest BCUT2D eigenvalue weighted by atomic mass is 35.5. The normalized spacial score (nSPS) is 23.9. The van der Waals surface area contributed by atoms with Crippen LogP contribution in [0.1, 0.15) is 31.2 Å². The van der Waals surface area contributed by atoms with Gasteiger partial charge in [-0.3, -0.25) is 0 Å². The van der Waals surface area contributed by atoms with Gasteiger partial charge in [-0.05, 0) is 37.5 Å². The Bertz CT molecular complexity index is 397. The van der Waals surface area contributed by atoms with Crippen LogP contribution in [0.15, 0.2) is 18.2 Å². The Morgan fingerprint density at radius 2 is 2.11 bits per heavy atom. The van der Waals surface area contributed by atoms with Gasteiger partial charge >= 0.3 is 0 Å². The monoisotopic (exact) mass is 272 g/mol. The predicted molar refractivity (Wildman–Crippen MR) is 69.6 cm³/mol. The molecular weight excluding hydrogens is 255 g/mol. The smallest absolute Gasteiger partial charge is 0.124 e. The molecule has 0 spiro atoms. The van der Waals surface area contributed by atoms with Crippen LogP contribution in [-0.2, 0) is 10.6 Å². The number of hydrogen-bond donors (Lipinski definition) is 0. The number of halogens is 2. The van der Waals surface area contributed by atoms with Crippen molar-refractivity contribution in [3.8, 4) is 5.75 Å². The van der Waals surface area contributed by atoms with E-state index in [0.717, 1.165) is 25.7 Å². The van der Waals surface area contributed by atoms with Crippen LogP contribution in [0.4, 0.5) is 4.39 Å². The standard InChI is InChI=1S/C14H18ClFO2/c1-17-12-3-2-4-13(8-12)18-14-6-5-11(16)7-10(14)9-15/h5-7,12-13H,2-4,8-9H2,1H3. The summed E-state index contributed by atoms with van der Waals surface area (Å²) in [6.45, 7) is 0. The van der Waals surface area contributed by atoms with Crippen LogP contribution in [-0.4, -0.2) is 19.3 Å². The van der Waals surface area contributed by atoms with Gasteiger partial charge in [-0.2, -0.15) is 0 Å². The third kappa shape index (κ3) is 3.36. The molecule has 0 saturated heterocycles. The number of hydrogen-bond acceptors (Lipinski definition) is 2. The van der Waals surface area contributed by atoms with Crippen LogP contribution in [0.2, 0.25) is 0 Å². The Labute approximate surface area is 112 Å². The fraction of sp³-hybridized carbons (Fsp3) is 0.571. The SMILES string of the molecule is COC1CCCC(Oc2ccc(F)cc2CCl)C1. The molecule has 0 amide bonds. The van der Waals surface area contributed by atoms with E-state index in [2.05, 4.69) is 0 Å². The minimum atomic E-state index is -0.281. The lowest BCUT2D eigenvalue weighted by Crippen LogP contribution is -2.29. The van der Waals surface area contributed by atoms with Crippen LogP contribution >= 0.6 is 11.6 Å². The maximum absolute atomic E-state index is 13.1. The molecule has 2 rings (SSSR count). The van der Waals surface area contributed by atoms with Crippen molar-refractivity contribution in [1.82, 2.24) is 0 Å². The van der Waals surface area contributed by atoms with Gasteiger partial charge in [0.2, 0.25) is 0 Å². The van der Waals surface area contributed by atoms with Gasteiger partial charge in [0.15, 0.2) is 0 Å². The van der Waals surface area contributed by atoms with Crippen molar-refractivity contribution in [3.63, 3.8) is 0 Å². The molecule has 0 radical (unpaired) electrons. The Morgan fingerprint density at radius 3 is 2.83 bits per heavy atom. The van der Waals surface area contributed by atoms with Crippen LogP contribution in [0.3, 0.4) is 0 Å². The Kier molecular flexibility index (Phi) is 4.84. The zero-order valence-corrected chi connectivity index (χ0v) is 11.3. The summed E-state index contributed by atoms with van der Waals surface area (Å²) in [6, 6.07) is 4.49. The van der Waals surface area contributed by atoms with Crippen molar-refractivity contribution >= 4 is 11.6 Å². The van der Waals surface area contributed by atoms with Crippen LogP contribution in [0, 0.1) is 5.82 Å². The summed E-state index contributed by atoms with van der Waals surface area (Å²) >= 11 is 5.81. The molecule has 1 aromatic rings. The van der Waals surface area contributed by atoms with Crippen molar-refractivity contribution in [2.24, 2.45) is 0 Å². The Hall–Kier alpha value is -0.800. The fourth-order valence-corrected chi connectivity index (χ4v) is 2.58. The van der Waals surface area contributed by atoms with Crippen LogP contribution in [0.25, 0.3) is 0 Å². The van der Waals surface area contributed by atoms with Gasteiger partial charge in [0, 0.05) is 19.1 Å². The molecule has 0 aliphatic heterocycles. The minimum absolute atomic E-state index is 0.135. The summed E-state index contributed by atoms with van der Waals surface area (Å²) < 4.78 is 24.4. The highest BCUT2D eigenvalue weighted by Gasteiger charge is 2.23. The molecule has 2 atom stereocenters. The van der Waals surface area contributed by atoms with Gasteiger partial charge in [0.05, 0.1) is 12.0 Å². The Balaban J connectivity index is 2.04. The second-order valence-electron chi connectivity index (χ2n) is 4.65. The maximum atomic E-state index is 13.1. The zero-order chi connectivity index (χ0) is 13.0. The highest BCUT2D eigenvalue weighted by molar-refractivity contribution is 6.17. The molecule has 1 fully saturated rings. The first-order valence-electron chi connectivity index (χ1n) is 6.26. The van der Waals surface area contributed by atoms with Gasteiger partial charge in [0.1, 0.15) is 17.7 Å². The number of rotatable bonds is 4. The lowest BCUT2D eigenvalue weighted by atomic mass is 9.95. The van der Waals surface area contributed by atoms with Crippen LogP contribution in [0.5, 0.6) is 5.75 Å². The zero-order valence-electron chi connectivity index (χ0n) is 10.5. The molecule has 2 nitrogen and oxygen atoms in total. The van der Waals surface area contributed by atoms with Gasteiger partial charge in [-0.15, -0.1) is 11.6 Å². The second-order valence-corrected chi connectivity index (χ2v) is 4.92. The number of methoxy groups -OCH3 is 1. The maximum Gasteiger partial charge on any atom is 0.124 e. The quantitative estimate of drug-likeness (QED) is 0.774. The van der Waals surface area contributed by atoms with Gasteiger partial charge in [-0.25, -0.2) is 4.39 Å². The molecule has 0 heterocycles. The Morgan fingerprint density at radius 1 is 1.33 bits per heavy atom. The van der Waals surface area contributed by atoms with E-state index in [1.807, 2.05) is 0 Å². The predicted octanol–water partition coefficient (Wildman–Crippen LogP) is 3.90. The first-order chi connectivity index (χ1) is 8.72. The van der Waals surface area contributed by atoms with E-state index in [9.17, 15) is 4.39 Å². The number of alkyl halides is 1. The summed E-state index contributed by atoms with van der Waals surface area (Å²) in [6.07, 6.45) is 4.48. The topological polar surface area (TPSA) is 18.5 Å². The second kappa shape index (κ2) is 6.39. The number of benzene rings is 1. The average molecular weight is 273 g/mol. The molecule has 1 aliphatic rings. The van der Waals surface area contributed by atoms with E-state index in [4.69, 9.17) is 21.1 Å². The van der Waals surface area contributed by atoms with E-state index in [1.165, 1.54) is 12.1 Å². The molecule has 0 N–H and O–H groups in total. The lowest BCUT2D eigenvalue weighted by Gasteiger charge is -2.29. The molecule has 0 bridgehead atoms. The average Bonchev–Trinajstić information content (AvgIpc) is 2.41. The fourth-order valence-electron chi connectivity index (χ4n) is 2.37. The van der Waals surface area contributed by atoms with E-state index in [1.54, 1.807) is 13.2 Å². The first-order valence-corrected chi connectivity index (χ1v) is 6.80. The van der Waals surface area contributed by atoms with Gasteiger partial charge in [0.25, 0.3) is 0 Å². The van der Waals surface area contributed by atoms with Gasteiger partial charge < -0.3 is 9.47 Å². The van der Waals surface area contributed by atoms with Crippen molar-refractivity contribution in [2.75, 3.05) is 7.11 Å². The summed E-state index contributed by atoms with van der Waals surface area (Å²) in [5.41, 5.74) is 0.705. The molecule has 18 heavy (non-hydrogen) atoms. The van der Waals surface area contributed by atoms with Crippen molar-refractivity contribution in [3.05, 3.63) is 29.6 Å². The molecule has 4 heteroatoms. The highest BCUT2D eigenvalue weighted by Crippen LogP contribution is 2.28. The first kappa shape index (κ1) is 13.6. The number of ether oxygens (including phenoxy) is 2. The largest absolute Gasteiger partial charge is 0.490 e. The molecule has 1 aliphatic carbocycles. The van der Waals surface area contributed by atoms with E-state index >= 15 is 0 Å². The van der Waals surface area contributed by atoms with Crippen molar-refractivity contribution in [2.45, 2.75) is 43.8 Å². The minimum Gasteiger partial charge on any atom is -0.490 e. The molecule has 1 aromatic carbocycles. The summed E-state index contributed by atoms with van der Waals surface area (Å²) in [5.74, 6) is 0.664. The summed E-state index contributed by atoms with van der Waals surface area (Å²) in [5, 5.41) is 0. The summed E-state index contributed by atoms with van der Waals surface area (Å²) in [7, 11) is 1.73. The third-order valence-electron chi connectivity index (χ3n) is 3.37. The molecule has 1 saturated carbocycles. The molecule has 2 unspecified atom stereocenters. The third-order valence-corrected chi connectivity index (χ3v) is 3.66. The lowest BCUT2D eigenvalue weighted by molar-refractivity contribution is 0.0207. The van der Waals surface area contributed by atoms with Crippen molar-refractivity contribution in [1.29, 1.82) is 0 Å². The summed E-state index contributed by atoms with van der Waals surface area (Å²) in [4.78, 5) is 0. The molecule has 100 valence electrons. The molecular formula is C14H18ClFO2. The van der Waals surface area contributed by atoms with E-state index < -0.39 is 0 Å². The van der Waals surface area contributed by atoms with E-state index in [-0.39, 0.29) is 23.9 Å². The molecule has 0 aromatic heterocycles. The van der Waals surface area contributed by atoms with Gasteiger partial charge in [-0.1, -0.05) is 0 Å². The van der Waals surface area contributed by atoms with E-state index in [0.29, 0.717) is 11.3 Å². The van der Waals surface area contributed by atoms with Crippen LogP contribution < -0.4 is 4.74 Å².